The topological polar surface area (TPSA) is 105 Å². The minimum Gasteiger partial charge on any atom is -0.479 e. The second-order valence-electron chi connectivity index (χ2n) is 8.08. The van der Waals surface area contributed by atoms with Gasteiger partial charge in [0.05, 0.1) is 0 Å². The molecule has 32 heavy (non-hydrogen) atoms. The first-order valence-corrected chi connectivity index (χ1v) is 10.5. The van der Waals surface area contributed by atoms with Gasteiger partial charge in [0, 0.05) is 25.4 Å². The Morgan fingerprint density at radius 1 is 1.03 bits per heavy atom. The Bertz CT molecular complexity index is 944. The standard InChI is InChI=1S/C24H28N2O6/c1-15(2)21(12-22(27)26(3)32-14-23(28)29)25-24(30)31-13-20-18-10-6-4-8-16(18)17-9-5-7-11-19(17)20/h4-11,15,20-21H,12-14H2,1-3H3,(H,25,30)(H,28,29)/t21-/m1/s1. The number of rotatable bonds is 9. The van der Waals surface area contributed by atoms with E-state index >= 15 is 0 Å². The average Bonchev–Trinajstić information content (AvgIpc) is 3.09. The van der Waals surface area contributed by atoms with Crippen LogP contribution in [0.25, 0.3) is 11.1 Å². The van der Waals surface area contributed by atoms with E-state index in [-0.39, 0.29) is 24.9 Å². The van der Waals surface area contributed by atoms with Crippen molar-refractivity contribution in [2.45, 2.75) is 32.2 Å². The number of carboxylic acid groups (broad SMARTS) is 1. The molecule has 8 heteroatoms. The van der Waals surface area contributed by atoms with Gasteiger partial charge in [0.25, 0.3) is 0 Å². The summed E-state index contributed by atoms with van der Waals surface area (Å²) in [5.74, 6) is -1.72. The molecule has 0 bridgehead atoms. The van der Waals surface area contributed by atoms with E-state index in [1.807, 2.05) is 50.2 Å². The Morgan fingerprint density at radius 2 is 1.59 bits per heavy atom. The number of ether oxygens (including phenoxy) is 1. The number of hydroxylamine groups is 2. The molecule has 0 spiro atoms. The summed E-state index contributed by atoms with van der Waals surface area (Å²) in [6, 6.07) is 15.7. The van der Waals surface area contributed by atoms with E-state index in [0.717, 1.165) is 27.3 Å². The van der Waals surface area contributed by atoms with Crippen molar-refractivity contribution in [2.75, 3.05) is 20.3 Å². The van der Waals surface area contributed by atoms with Gasteiger partial charge in [0.2, 0.25) is 5.91 Å². The van der Waals surface area contributed by atoms with E-state index in [2.05, 4.69) is 17.4 Å². The van der Waals surface area contributed by atoms with Gasteiger partial charge >= 0.3 is 12.1 Å². The van der Waals surface area contributed by atoms with Crippen LogP contribution in [0.4, 0.5) is 4.79 Å². The molecule has 0 heterocycles. The monoisotopic (exact) mass is 440 g/mol. The van der Waals surface area contributed by atoms with Crippen LogP contribution in [0.15, 0.2) is 48.5 Å². The number of hydrogen-bond acceptors (Lipinski definition) is 5. The first-order chi connectivity index (χ1) is 15.3. The van der Waals surface area contributed by atoms with E-state index in [9.17, 15) is 14.4 Å². The molecule has 2 aromatic carbocycles. The van der Waals surface area contributed by atoms with Crippen LogP contribution in [0.1, 0.15) is 37.3 Å². The lowest BCUT2D eigenvalue weighted by Gasteiger charge is -2.24. The molecule has 1 aliphatic rings. The van der Waals surface area contributed by atoms with Crippen molar-refractivity contribution in [2.24, 2.45) is 5.92 Å². The quantitative estimate of drug-likeness (QED) is 0.579. The Hall–Kier alpha value is -3.39. The minimum atomic E-state index is -1.18. The molecule has 0 radical (unpaired) electrons. The van der Waals surface area contributed by atoms with Gasteiger partial charge in [0.15, 0.2) is 6.61 Å². The molecule has 0 fully saturated rings. The molecule has 0 saturated heterocycles. The second kappa shape index (κ2) is 10.3. The smallest absolute Gasteiger partial charge is 0.407 e. The lowest BCUT2D eigenvalue weighted by atomic mass is 9.98. The van der Waals surface area contributed by atoms with E-state index in [4.69, 9.17) is 14.7 Å². The van der Waals surface area contributed by atoms with Crippen LogP contribution in [-0.2, 0) is 19.2 Å². The van der Waals surface area contributed by atoms with Crippen molar-refractivity contribution < 1.29 is 29.1 Å². The van der Waals surface area contributed by atoms with Crippen molar-refractivity contribution in [1.82, 2.24) is 10.4 Å². The first-order valence-electron chi connectivity index (χ1n) is 10.5. The number of fused-ring (bicyclic) bond motifs is 3. The van der Waals surface area contributed by atoms with Crippen LogP contribution < -0.4 is 5.32 Å². The van der Waals surface area contributed by atoms with E-state index in [1.165, 1.54) is 7.05 Å². The summed E-state index contributed by atoms with van der Waals surface area (Å²) in [6.07, 6.45) is -0.648. The second-order valence-corrected chi connectivity index (χ2v) is 8.08. The third-order valence-electron chi connectivity index (χ3n) is 5.58. The molecule has 0 saturated carbocycles. The number of aliphatic carboxylic acids is 1. The Balaban J connectivity index is 1.59. The minimum absolute atomic E-state index is 0.0437. The summed E-state index contributed by atoms with van der Waals surface area (Å²) >= 11 is 0. The zero-order valence-electron chi connectivity index (χ0n) is 18.4. The number of nitrogens with zero attached hydrogens (tertiary/aromatic N) is 1. The Labute approximate surface area is 187 Å². The van der Waals surface area contributed by atoms with E-state index in [0.29, 0.717) is 0 Å². The molecule has 3 rings (SSSR count). The maximum Gasteiger partial charge on any atom is 0.407 e. The van der Waals surface area contributed by atoms with Crippen molar-refractivity contribution >= 4 is 18.0 Å². The van der Waals surface area contributed by atoms with Gasteiger partial charge in [0.1, 0.15) is 6.61 Å². The molecule has 2 aromatic rings. The number of amides is 2. The van der Waals surface area contributed by atoms with E-state index in [1.54, 1.807) is 0 Å². The number of alkyl carbamates (subject to hydrolysis) is 1. The molecule has 0 unspecified atom stereocenters. The highest BCUT2D eigenvalue weighted by atomic mass is 16.7. The normalized spacial score (nSPS) is 13.2. The highest BCUT2D eigenvalue weighted by Crippen LogP contribution is 2.44. The van der Waals surface area contributed by atoms with Gasteiger partial charge in [-0.25, -0.2) is 14.7 Å². The maximum absolute atomic E-state index is 12.5. The highest BCUT2D eigenvalue weighted by molar-refractivity contribution is 5.79. The Morgan fingerprint density at radius 3 is 2.12 bits per heavy atom. The summed E-state index contributed by atoms with van der Waals surface area (Å²) in [5, 5.41) is 12.3. The Kier molecular flexibility index (Phi) is 7.48. The number of carbonyl (C=O) groups excluding carboxylic acids is 2. The number of benzene rings is 2. The van der Waals surface area contributed by atoms with Gasteiger partial charge in [-0.05, 0) is 28.2 Å². The van der Waals surface area contributed by atoms with Crippen molar-refractivity contribution in [1.29, 1.82) is 0 Å². The predicted molar refractivity (Wildman–Crippen MR) is 118 cm³/mol. The lowest BCUT2D eigenvalue weighted by Crippen LogP contribution is -2.43. The zero-order chi connectivity index (χ0) is 23.3. The third-order valence-corrected chi connectivity index (χ3v) is 5.58. The molecule has 0 aromatic heterocycles. The molecule has 8 nitrogen and oxygen atoms in total. The largest absolute Gasteiger partial charge is 0.479 e. The predicted octanol–water partition coefficient (Wildman–Crippen LogP) is 3.41. The van der Waals surface area contributed by atoms with Crippen molar-refractivity contribution in [3.63, 3.8) is 0 Å². The highest BCUT2D eigenvalue weighted by Gasteiger charge is 2.30. The summed E-state index contributed by atoms with van der Waals surface area (Å²) in [5.41, 5.74) is 4.53. The lowest BCUT2D eigenvalue weighted by molar-refractivity contribution is -0.186. The van der Waals surface area contributed by atoms with Crippen LogP contribution in [0, 0.1) is 5.92 Å². The van der Waals surface area contributed by atoms with Crippen LogP contribution in [-0.4, -0.2) is 54.4 Å². The van der Waals surface area contributed by atoms with Crippen LogP contribution >= 0.6 is 0 Å². The summed E-state index contributed by atoms with van der Waals surface area (Å²) in [7, 11) is 1.34. The average molecular weight is 440 g/mol. The molecule has 1 aliphatic carbocycles. The first kappa shape index (κ1) is 23.3. The third kappa shape index (κ3) is 5.45. The maximum atomic E-state index is 12.5. The molecule has 170 valence electrons. The fourth-order valence-corrected chi connectivity index (χ4v) is 3.79. The number of carboxylic acids is 1. The number of hydrogen-bond donors (Lipinski definition) is 2. The molecule has 0 aliphatic heterocycles. The fourth-order valence-electron chi connectivity index (χ4n) is 3.79. The van der Waals surface area contributed by atoms with Gasteiger partial charge < -0.3 is 15.2 Å². The summed E-state index contributed by atoms with van der Waals surface area (Å²) in [4.78, 5) is 40.3. The molecule has 2 N–H and O–H groups in total. The SMILES string of the molecule is CC(C)[C@@H](CC(=O)N(C)OCC(=O)O)NC(=O)OCC1c2ccccc2-c2ccccc21. The van der Waals surface area contributed by atoms with Gasteiger partial charge in [-0.1, -0.05) is 62.4 Å². The zero-order valence-corrected chi connectivity index (χ0v) is 18.4. The molecular formula is C24H28N2O6. The van der Waals surface area contributed by atoms with Crippen LogP contribution in [0.2, 0.25) is 0 Å². The molecular weight excluding hydrogens is 412 g/mol. The summed E-state index contributed by atoms with van der Waals surface area (Å²) < 4.78 is 5.56. The van der Waals surface area contributed by atoms with Gasteiger partial charge in [-0.15, -0.1) is 0 Å². The summed E-state index contributed by atoms with van der Waals surface area (Å²) in [6.45, 7) is 3.31. The van der Waals surface area contributed by atoms with Crippen LogP contribution in [0.5, 0.6) is 0 Å². The van der Waals surface area contributed by atoms with Crippen LogP contribution in [0.3, 0.4) is 0 Å². The van der Waals surface area contributed by atoms with Gasteiger partial charge in [-0.2, -0.15) is 0 Å². The molecule has 1 atom stereocenters. The number of nitrogens with one attached hydrogen (secondary N) is 1. The number of carbonyl (C=O) groups is 3. The van der Waals surface area contributed by atoms with Gasteiger partial charge in [-0.3, -0.25) is 9.63 Å². The molecule has 2 amide bonds. The van der Waals surface area contributed by atoms with Crippen molar-refractivity contribution in [3.8, 4) is 11.1 Å². The fraction of sp³-hybridized carbons (Fsp3) is 0.375. The van der Waals surface area contributed by atoms with Crippen molar-refractivity contribution in [3.05, 3.63) is 59.7 Å². The van der Waals surface area contributed by atoms with E-state index < -0.39 is 30.6 Å².